The third kappa shape index (κ3) is 5.00. The van der Waals surface area contributed by atoms with E-state index in [1.54, 1.807) is 11.3 Å². The maximum Gasteiger partial charge on any atom is 0.174 e. The van der Waals surface area contributed by atoms with Gasteiger partial charge in [0.25, 0.3) is 0 Å². The molecule has 3 aliphatic rings. The molecule has 292 valence electrons. The van der Waals surface area contributed by atoms with Gasteiger partial charge in [-0.3, -0.25) is 0 Å². The van der Waals surface area contributed by atoms with Crippen molar-refractivity contribution in [2.24, 2.45) is 0 Å². The van der Waals surface area contributed by atoms with Gasteiger partial charge in [-0.05, 0) is 105 Å². The fraction of sp³-hybridized carbons (Fsp3) is 0.0364. The Balaban J connectivity index is 1.01. The largest absolute Gasteiger partial charge is 0.399 e. The normalized spacial score (nSPS) is 16.5. The van der Waals surface area contributed by atoms with Crippen LogP contribution in [-0.2, 0) is 5.41 Å². The van der Waals surface area contributed by atoms with Crippen molar-refractivity contribution in [3.05, 3.63) is 222 Å². The Hall–Kier alpha value is -7.87. The minimum atomic E-state index is -0.543. The number of nitrogens with one attached hydrogen (secondary N) is 1. The number of hydrogen-bond donors (Lipinski definition) is 2. The van der Waals surface area contributed by atoms with Gasteiger partial charge in [-0.1, -0.05) is 140 Å². The minimum Gasteiger partial charge on any atom is -0.399 e. The van der Waals surface area contributed by atoms with Crippen molar-refractivity contribution in [3.63, 3.8) is 0 Å². The first-order valence-electron chi connectivity index (χ1n) is 20.9. The highest BCUT2D eigenvalue weighted by atomic mass is 32.1. The summed E-state index contributed by atoms with van der Waals surface area (Å²) in [4.78, 5) is 18.6. The zero-order valence-electron chi connectivity index (χ0n) is 33.3. The van der Waals surface area contributed by atoms with E-state index in [-0.39, 0.29) is 6.17 Å². The van der Waals surface area contributed by atoms with Crippen LogP contribution in [0.1, 0.15) is 34.0 Å². The molecule has 2 unspecified atom stereocenters. The van der Waals surface area contributed by atoms with Crippen LogP contribution in [-0.4, -0.2) is 15.0 Å². The van der Waals surface area contributed by atoms with E-state index in [1.807, 2.05) is 36.4 Å². The van der Waals surface area contributed by atoms with Crippen LogP contribution < -0.4 is 16.0 Å². The Kier molecular flexibility index (Phi) is 7.50. The molecule has 7 heteroatoms. The first-order chi connectivity index (χ1) is 30.6. The smallest absolute Gasteiger partial charge is 0.174 e. The lowest BCUT2D eigenvalue weighted by Crippen LogP contribution is -2.26. The Morgan fingerprint density at radius 1 is 0.516 bits per heavy atom. The van der Waals surface area contributed by atoms with Crippen molar-refractivity contribution in [2.45, 2.75) is 11.6 Å². The minimum absolute atomic E-state index is 0.0872. The molecule has 1 aliphatic heterocycles. The van der Waals surface area contributed by atoms with Crippen LogP contribution in [0.15, 0.2) is 194 Å². The molecule has 0 radical (unpaired) electrons. The molecule has 10 aromatic rings. The number of fused-ring (bicyclic) bond motifs is 13. The van der Waals surface area contributed by atoms with Crippen molar-refractivity contribution in [3.8, 4) is 55.7 Å². The lowest BCUT2D eigenvalue weighted by atomic mass is 9.70. The van der Waals surface area contributed by atoms with E-state index >= 15 is 0 Å². The highest BCUT2D eigenvalue weighted by molar-refractivity contribution is 7.22. The number of para-hydroxylation sites is 3. The van der Waals surface area contributed by atoms with E-state index in [9.17, 15) is 0 Å². The van der Waals surface area contributed by atoms with Crippen LogP contribution in [0.5, 0.6) is 0 Å². The molecular weight excluding hydrogens is 777 g/mol. The molecule has 2 atom stereocenters. The summed E-state index contributed by atoms with van der Waals surface area (Å²) in [5, 5.41) is 5.04. The summed E-state index contributed by atoms with van der Waals surface area (Å²) < 4.78 is 1.17. The lowest BCUT2D eigenvalue weighted by Gasteiger charge is -2.31. The third-order valence-electron chi connectivity index (χ3n) is 12.9. The number of nitrogens with zero attached hydrogens (tertiary/aromatic N) is 4. The van der Waals surface area contributed by atoms with E-state index in [0.717, 1.165) is 38.6 Å². The average molecular weight is 813 g/mol. The Labute approximate surface area is 362 Å². The zero-order valence-corrected chi connectivity index (χ0v) is 34.1. The monoisotopic (exact) mass is 812 g/mol. The summed E-state index contributed by atoms with van der Waals surface area (Å²) in [6.45, 7) is 0. The summed E-state index contributed by atoms with van der Waals surface area (Å²) in [6, 6.07) is 69.1. The van der Waals surface area contributed by atoms with Gasteiger partial charge in [0.05, 0.1) is 21.7 Å². The quantitative estimate of drug-likeness (QED) is 0.169. The first-order valence-corrected chi connectivity index (χ1v) is 21.7. The molecule has 2 aliphatic carbocycles. The molecule has 0 saturated carbocycles. The molecular formula is C55H36N6S. The second kappa shape index (κ2) is 13.3. The van der Waals surface area contributed by atoms with Crippen LogP contribution in [0, 0.1) is 0 Å². The second-order valence-electron chi connectivity index (χ2n) is 16.2. The van der Waals surface area contributed by atoms with Gasteiger partial charge < -0.3 is 16.0 Å². The third-order valence-corrected chi connectivity index (χ3v) is 14.0. The van der Waals surface area contributed by atoms with E-state index in [1.165, 1.54) is 60.3 Å². The molecule has 13 rings (SSSR count). The number of thiophene rings is 1. The molecule has 3 N–H and O–H groups in total. The molecule has 0 amide bonds. The predicted molar refractivity (Wildman–Crippen MR) is 254 cm³/mol. The SMILES string of the molecule is Nc1ccc2c(c1)-c1c(ccc3sc(-c4nc(-c5ccccc5)nc(-c5ccccc5)n4)cc13)C21c2ccccc2-c2cc(C3Nc4ccccc4N3c3ccccc3)ccc21. The average Bonchev–Trinajstić information content (AvgIpc) is 4.09. The van der Waals surface area contributed by atoms with Gasteiger partial charge in [0.1, 0.15) is 6.17 Å². The van der Waals surface area contributed by atoms with Crippen LogP contribution >= 0.6 is 11.3 Å². The van der Waals surface area contributed by atoms with Crippen LogP contribution in [0.3, 0.4) is 0 Å². The van der Waals surface area contributed by atoms with E-state index in [4.69, 9.17) is 20.7 Å². The number of anilines is 4. The van der Waals surface area contributed by atoms with Crippen LogP contribution in [0.25, 0.3) is 65.8 Å². The van der Waals surface area contributed by atoms with Crippen molar-refractivity contribution >= 4 is 44.2 Å². The Bertz CT molecular complexity index is 3360. The number of aromatic nitrogens is 3. The highest BCUT2D eigenvalue weighted by Crippen LogP contribution is 2.65. The summed E-state index contributed by atoms with van der Waals surface area (Å²) in [5.41, 5.74) is 23.4. The highest BCUT2D eigenvalue weighted by Gasteiger charge is 2.52. The predicted octanol–water partition coefficient (Wildman–Crippen LogP) is 13.3. The van der Waals surface area contributed by atoms with Gasteiger partial charge in [0.15, 0.2) is 17.5 Å². The number of benzene rings is 8. The topological polar surface area (TPSA) is 80.0 Å². The lowest BCUT2D eigenvalue weighted by molar-refractivity contribution is 0.789. The van der Waals surface area contributed by atoms with Gasteiger partial charge in [-0.2, -0.15) is 0 Å². The molecule has 3 heterocycles. The standard InChI is InChI=1S/C55H36N6S/c56-36-25-27-44-40(31-36)50-41-32-49(53-59-51(33-14-4-1-5-15-33)58-52(60-53)34-16-6-2-7-17-34)62-48(41)29-28-45(50)55(44)42-21-11-10-20-38(42)39-30-35(24-26-43(39)55)54-57-46-22-12-13-23-47(46)61(54)37-18-8-3-9-19-37/h1-32,54,57H,56H2. The maximum absolute atomic E-state index is 6.70. The molecule has 0 fully saturated rings. The van der Waals surface area contributed by atoms with Gasteiger partial charge in [-0.15, -0.1) is 11.3 Å². The molecule has 8 aromatic carbocycles. The summed E-state index contributed by atoms with van der Waals surface area (Å²) in [5.74, 6) is 1.96. The second-order valence-corrected chi connectivity index (χ2v) is 17.3. The van der Waals surface area contributed by atoms with E-state index in [0.29, 0.717) is 17.5 Å². The van der Waals surface area contributed by atoms with Gasteiger partial charge >= 0.3 is 0 Å². The molecule has 0 saturated heterocycles. The fourth-order valence-corrected chi connectivity index (χ4v) is 11.3. The number of rotatable bonds is 5. The first kappa shape index (κ1) is 34.9. The summed E-state index contributed by atoms with van der Waals surface area (Å²) in [7, 11) is 0. The number of nitrogen functional groups attached to an aromatic ring is 1. The summed E-state index contributed by atoms with van der Waals surface area (Å²) >= 11 is 1.72. The van der Waals surface area contributed by atoms with Gasteiger partial charge in [-0.25, -0.2) is 15.0 Å². The number of hydrogen-bond acceptors (Lipinski definition) is 7. The van der Waals surface area contributed by atoms with Crippen molar-refractivity contribution < 1.29 is 0 Å². The Morgan fingerprint density at radius 3 is 1.90 bits per heavy atom. The van der Waals surface area contributed by atoms with E-state index < -0.39 is 5.41 Å². The molecule has 0 bridgehead atoms. The zero-order chi connectivity index (χ0) is 40.9. The van der Waals surface area contributed by atoms with Crippen molar-refractivity contribution in [1.82, 2.24) is 15.0 Å². The number of nitrogens with two attached hydrogens (primary N) is 1. The van der Waals surface area contributed by atoms with Crippen LogP contribution in [0.2, 0.25) is 0 Å². The maximum atomic E-state index is 6.70. The molecule has 2 aromatic heterocycles. The molecule has 6 nitrogen and oxygen atoms in total. The Morgan fingerprint density at radius 2 is 1.13 bits per heavy atom. The fourth-order valence-electron chi connectivity index (χ4n) is 10.3. The van der Waals surface area contributed by atoms with Gasteiger partial charge in [0.2, 0.25) is 0 Å². The van der Waals surface area contributed by atoms with Crippen molar-refractivity contribution in [1.29, 1.82) is 0 Å². The van der Waals surface area contributed by atoms with Gasteiger partial charge in [0, 0.05) is 32.6 Å². The van der Waals surface area contributed by atoms with Crippen LogP contribution in [0.4, 0.5) is 22.7 Å². The molecule has 1 spiro atoms. The summed E-state index contributed by atoms with van der Waals surface area (Å²) in [6.07, 6.45) is -0.0872. The molecule has 62 heavy (non-hydrogen) atoms. The van der Waals surface area contributed by atoms with E-state index in [2.05, 4.69) is 168 Å². The van der Waals surface area contributed by atoms with Crippen molar-refractivity contribution in [2.75, 3.05) is 16.0 Å².